The molecule has 0 spiro atoms. The summed E-state index contributed by atoms with van der Waals surface area (Å²) in [5.41, 5.74) is 2.92. The number of nitrogens with zero attached hydrogens (tertiary/aromatic N) is 2. The number of ether oxygens (including phenoxy) is 1. The molecule has 132 valence electrons. The fraction of sp³-hybridized carbons (Fsp3) is 0.450. The first-order valence-corrected chi connectivity index (χ1v) is 9.12. The average Bonchev–Trinajstić information content (AvgIpc) is 3.32. The van der Waals surface area contributed by atoms with Gasteiger partial charge in [0.25, 0.3) is 0 Å². The van der Waals surface area contributed by atoms with Crippen molar-refractivity contribution >= 4 is 27.8 Å². The van der Waals surface area contributed by atoms with Gasteiger partial charge in [-0.15, -0.1) is 0 Å². The Morgan fingerprint density at radius 1 is 1.20 bits per heavy atom. The monoisotopic (exact) mass is 340 g/mol. The summed E-state index contributed by atoms with van der Waals surface area (Å²) in [6, 6.07) is 6.24. The number of benzene rings is 1. The summed E-state index contributed by atoms with van der Waals surface area (Å²) in [5, 5.41) is 2.18. The van der Waals surface area contributed by atoms with Crippen LogP contribution in [0, 0.1) is 0 Å². The van der Waals surface area contributed by atoms with Gasteiger partial charge in [0.2, 0.25) is 0 Å². The quantitative estimate of drug-likeness (QED) is 0.644. The molecule has 0 atom stereocenters. The number of likely N-dealkylation sites (tertiary alicyclic amines) is 1. The highest BCUT2D eigenvalue weighted by Gasteiger charge is 2.16. The Morgan fingerprint density at radius 3 is 2.84 bits per heavy atom. The third kappa shape index (κ3) is 3.16. The van der Waals surface area contributed by atoms with Crippen LogP contribution in [-0.2, 0) is 22.5 Å². The second-order valence-electron chi connectivity index (χ2n) is 6.67. The molecule has 0 unspecified atom stereocenters. The number of rotatable bonds is 6. The zero-order valence-electron chi connectivity index (χ0n) is 14.7. The van der Waals surface area contributed by atoms with E-state index in [-0.39, 0.29) is 12.4 Å². The number of aromatic nitrogens is 1. The number of furan rings is 1. The molecule has 1 fully saturated rings. The summed E-state index contributed by atoms with van der Waals surface area (Å²) in [7, 11) is 0. The van der Waals surface area contributed by atoms with Gasteiger partial charge in [0.1, 0.15) is 5.58 Å². The fourth-order valence-electron chi connectivity index (χ4n) is 3.82. The van der Waals surface area contributed by atoms with Gasteiger partial charge >= 0.3 is 5.97 Å². The molecule has 3 heterocycles. The first kappa shape index (κ1) is 16.2. The predicted octanol–water partition coefficient (Wildman–Crippen LogP) is 3.59. The molecule has 0 N–H and O–H groups in total. The Kier molecular flexibility index (Phi) is 4.49. The van der Waals surface area contributed by atoms with E-state index in [1.54, 1.807) is 6.26 Å². The third-order valence-electron chi connectivity index (χ3n) is 5.06. The summed E-state index contributed by atoms with van der Waals surface area (Å²) in [6.07, 6.45) is 6.71. The lowest BCUT2D eigenvalue weighted by Gasteiger charge is -2.15. The van der Waals surface area contributed by atoms with E-state index in [4.69, 9.17) is 9.15 Å². The van der Waals surface area contributed by atoms with Gasteiger partial charge in [0.15, 0.2) is 0 Å². The van der Waals surface area contributed by atoms with E-state index < -0.39 is 0 Å². The van der Waals surface area contributed by atoms with Crippen LogP contribution in [-0.4, -0.2) is 41.7 Å². The maximum Gasteiger partial charge on any atom is 0.310 e. The Hall–Kier alpha value is -2.27. The number of esters is 1. The van der Waals surface area contributed by atoms with E-state index >= 15 is 0 Å². The topological polar surface area (TPSA) is 47.6 Å². The lowest BCUT2D eigenvalue weighted by molar-refractivity contribution is -0.142. The summed E-state index contributed by atoms with van der Waals surface area (Å²) in [5.74, 6) is -0.212. The molecule has 0 radical (unpaired) electrons. The SMILES string of the molecule is CCOC(=O)Cc1coc2ccc3c(ccn3CCN3CCCC3)c12. The lowest BCUT2D eigenvalue weighted by atomic mass is 10.1. The molecule has 1 aliphatic rings. The van der Waals surface area contributed by atoms with Crippen molar-refractivity contribution in [2.75, 3.05) is 26.2 Å². The number of hydrogen-bond donors (Lipinski definition) is 0. The molecule has 0 saturated carbocycles. The molecule has 1 saturated heterocycles. The molecular formula is C20H24N2O3. The van der Waals surface area contributed by atoms with Crippen molar-refractivity contribution in [2.45, 2.75) is 32.7 Å². The van der Waals surface area contributed by atoms with Crippen LogP contribution in [0.3, 0.4) is 0 Å². The van der Waals surface area contributed by atoms with Gasteiger partial charge in [0.05, 0.1) is 19.3 Å². The van der Waals surface area contributed by atoms with Crippen molar-refractivity contribution in [1.29, 1.82) is 0 Å². The highest BCUT2D eigenvalue weighted by molar-refractivity contribution is 6.07. The van der Waals surface area contributed by atoms with Crippen molar-refractivity contribution in [3.63, 3.8) is 0 Å². The summed E-state index contributed by atoms with van der Waals surface area (Å²) in [6.45, 7) is 6.73. The second-order valence-corrected chi connectivity index (χ2v) is 6.67. The maximum atomic E-state index is 11.9. The van der Waals surface area contributed by atoms with E-state index in [0.717, 1.165) is 35.0 Å². The molecule has 1 aromatic carbocycles. The summed E-state index contributed by atoms with van der Waals surface area (Å²) < 4.78 is 13.0. The van der Waals surface area contributed by atoms with E-state index in [1.807, 2.05) is 13.0 Å². The van der Waals surface area contributed by atoms with Crippen LogP contribution in [0.4, 0.5) is 0 Å². The van der Waals surface area contributed by atoms with E-state index in [1.165, 1.54) is 31.4 Å². The fourth-order valence-corrected chi connectivity index (χ4v) is 3.82. The van der Waals surface area contributed by atoms with Crippen LogP contribution in [0.5, 0.6) is 0 Å². The highest BCUT2D eigenvalue weighted by atomic mass is 16.5. The summed E-state index contributed by atoms with van der Waals surface area (Å²) >= 11 is 0. The molecule has 4 rings (SSSR count). The Bertz CT molecular complexity index is 887. The minimum absolute atomic E-state index is 0.212. The van der Waals surface area contributed by atoms with Crippen LogP contribution in [0.15, 0.2) is 35.1 Å². The van der Waals surface area contributed by atoms with Crippen LogP contribution in [0.1, 0.15) is 25.3 Å². The van der Waals surface area contributed by atoms with Crippen molar-refractivity contribution < 1.29 is 13.9 Å². The van der Waals surface area contributed by atoms with Crippen molar-refractivity contribution in [2.24, 2.45) is 0 Å². The minimum atomic E-state index is -0.212. The van der Waals surface area contributed by atoms with Crippen LogP contribution >= 0.6 is 0 Å². The standard InChI is InChI=1S/C20H24N2O3/c1-2-24-19(23)13-15-14-25-18-6-5-17-16(20(15)18)7-10-22(17)12-11-21-8-3-4-9-21/h5-7,10,14H,2-4,8-9,11-13H2,1H3. The molecule has 1 aliphatic heterocycles. The van der Waals surface area contributed by atoms with Gasteiger partial charge in [-0.25, -0.2) is 0 Å². The van der Waals surface area contributed by atoms with Crippen LogP contribution in [0.2, 0.25) is 0 Å². The van der Waals surface area contributed by atoms with Crippen LogP contribution in [0.25, 0.3) is 21.9 Å². The number of fused-ring (bicyclic) bond motifs is 3. The first-order valence-electron chi connectivity index (χ1n) is 9.12. The van der Waals surface area contributed by atoms with Gasteiger partial charge in [0, 0.05) is 41.1 Å². The molecule has 5 nitrogen and oxygen atoms in total. The molecule has 5 heteroatoms. The Balaban J connectivity index is 1.64. The van der Waals surface area contributed by atoms with Gasteiger partial charge in [-0.05, 0) is 51.1 Å². The Labute approximate surface area is 147 Å². The van der Waals surface area contributed by atoms with Gasteiger partial charge in [-0.2, -0.15) is 0 Å². The van der Waals surface area contributed by atoms with Crippen LogP contribution < -0.4 is 0 Å². The second kappa shape index (κ2) is 6.92. The Morgan fingerprint density at radius 2 is 2.04 bits per heavy atom. The van der Waals surface area contributed by atoms with Crippen molar-refractivity contribution in [3.05, 3.63) is 36.2 Å². The zero-order valence-corrected chi connectivity index (χ0v) is 14.7. The third-order valence-corrected chi connectivity index (χ3v) is 5.06. The van der Waals surface area contributed by atoms with Crippen molar-refractivity contribution in [1.82, 2.24) is 9.47 Å². The smallest absolute Gasteiger partial charge is 0.310 e. The maximum absolute atomic E-state index is 11.9. The minimum Gasteiger partial charge on any atom is -0.466 e. The first-order chi connectivity index (χ1) is 12.3. The predicted molar refractivity (Wildman–Crippen MR) is 97.7 cm³/mol. The number of carbonyl (C=O) groups is 1. The van der Waals surface area contributed by atoms with Crippen molar-refractivity contribution in [3.8, 4) is 0 Å². The lowest BCUT2D eigenvalue weighted by Crippen LogP contribution is -2.23. The molecule has 0 bridgehead atoms. The van der Waals surface area contributed by atoms with Gasteiger partial charge in [-0.1, -0.05) is 0 Å². The zero-order chi connectivity index (χ0) is 17.2. The number of hydrogen-bond acceptors (Lipinski definition) is 4. The largest absolute Gasteiger partial charge is 0.466 e. The van der Waals surface area contributed by atoms with Gasteiger partial charge in [-0.3, -0.25) is 4.79 Å². The summed E-state index contributed by atoms with van der Waals surface area (Å²) in [4.78, 5) is 14.4. The molecule has 25 heavy (non-hydrogen) atoms. The molecular weight excluding hydrogens is 316 g/mol. The normalized spacial score (nSPS) is 15.4. The number of carbonyl (C=O) groups excluding carboxylic acids is 1. The van der Waals surface area contributed by atoms with E-state index in [9.17, 15) is 4.79 Å². The molecule has 2 aromatic heterocycles. The van der Waals surface area contributed by atoms with E-state index in [0.29, 0.717) is 6.61 Å². The molecule has 0 aliphatic carbocycles. The average molecular weight is 340 g/mol. The molecule has 0 amide bonds. The van der Waals surface area contributed by atoms with E-state index in [2.05, 4.69) is 27.8 Å². The van der Waals surface area contributed by atoms with Gasteiger partial charge < -0.3 is 18.6 Å². The molecule has 3 aromatic rings. The highest BCUT2D eigenvalue weighted by Crippen LogP contribution is 2.31.